The highest BCUT2D eigenvalue weighted by molar-refractivity contribution is 6.32. The highest BCUT2D eigenvalue weighted by Gasteiger charge is 2.02. The van der Waals surface area contributed by atoms with Gasteiger partial charge in [-0.3, -0.25) is 0 Å². The van der Waals surface area contributed by atoms with Gasteiger partial charge in [-0.1, -0.05) is 42.8 Å². The molecule has 0 spiro atoms. The molecule has 2 aromatic rings. The van der Waals surface area contributed by atoms with Gasteiger partial charge in [0.25, 0.3) is 0 Å². The molecule has 0 bridgehead atoms. The summed E-state index contributed by atoms with van der Waals surface area (Å²) in [7, 11) is 0. The Labute approximate surface area is 135 Å². The fraction of sp³-hybridized carbons (Fsp3) is 0.235. The zero-order valence-corrected chi connectivity index (χ0v) is 13.2. The lowest BCUT2D eigenvalue weighted by atomic mass is 10.1. The Balaban J connectivity index is 1.70. The van der Waals surface area contributed by atoms with E-state index in [1.807, 2.05) is 36.4 Å². The van der Waals surface area contributed by atoms with Gasteiger partial charge in [0.1, 0.15) is 12.4 Å². The van der Waals surface area contributed by atoms with Crippen molar-refractivity contribution < 1.29 is 9.53 Å². The third-order valence-electron chi connectivity index (χ3n) is 3.10. The number of carbonyl (C=O) groups is 1. The van der Waals surface area contributed by atoms with E-state index in [0.29, 0.717) is 23.9 Å². The molecule has 0 unspecified atom stereocenters. The highest BCUT2D eigenvalue weighted by atomic mass is 35.5. The number of ether oxygens (including phenoxy) is 1. The van der Waals surface area contributed by atoms with Gasteiger partial charge in [0, 0.05) is 5.69 Å². The molecule has 4 nitrogen and oxygen atoms in total. The zero-order chi connectivity index (χ0) is 15.8. The first-order valence-electron chi connectivity index (χ1n) is 7.20. The highest BCUT2D eigenvalue weighted by Crippen LogP contribution is 2.22. The summed E-state index contributed by atoms with van der Waals surface area (Å²) in [4.78, 5) is 11.7. The van der Waals surface area contributed by atoms with Crippen molar-refractivity contribution in [3.63, 3.8) is 0 Å². The van der Waals surface area contributed by atoms with Gasteiger partial charge in [0.2, 0.25) is 0 Å². The minimum absolute atomic E-state index is 0.257. The van der Waals surface area contributed by atoms with Crippen LogP contribution >= 0.6 is 11.6 Å². The van der Waals surface area contributed by atoms with Crippen molar-refractivity contribution in [2.75, 3.05) is 18.5 Å². The maximum atomic E-state index is 11.7. The molecule has 2 aromatic carbocycles. The van der Waals surface area contributed by atoms with E-state index in [2.05, 4.69) is 17.6 Å². The van der Waals surface area contributed by atoms with Gasteiger partial charge < -0.3 is 15.4 Å². The summed E-state index contributed by atoms with van der Waals surface area (Å²) in [5.41, 5.74) is 2.00. The first-order chi connectivity index (χ1) is 10.7. The number of anilines is 1. The summed E-state index contributed by atoms with van der Waals surface area (Å²) < 4.78 is 5.49. The molecule has 0 aliphatic carbocycles. The zero-order valence-electron chi connectivity index (χ0n) is 12.4. The first-order valence-corrected chi connectivity index (χ1v) is 7.58. The number of halogens is 1. The maximum Gasteiger partial charge on any atom is 0.319 e. The lowest BCUT2D eigenvalue weighted by Gasteiger charge is -2.10. The largest absolute Gasteiger partial charge is 0.490 e. The van der Waals surface area contributed by atoms with Gasteiger partial charge in [0.05, 0.1) is 11.6 Å². The monoisotopic (exact) mass is 318 g/mol. The van der Waals surface area contributed by atoms with Gasteiger partial charge in [-0.15, -0.1) is 0 Å². The number of amides is 2. The van der Waals surface area contributed by atoms with Crippen LogP contribution in [0.3, 0.4) is 0 Å². The summed E-state index contributed by atoms with van der Waals surface area (Å²) in [6.07, 6.45) is 0.978. The number of urea groups is 1. The molecule has 0 heterocycles. The molecular formula is C17H19ClN2O2. The second-order valence-corrected chi connectivity index (χ2v) is 5.12. The number of aryl methyl sites for hydroxylation is 1. The molecule has 116 valence electrons. The third kappa shape index (κ3) is 4.97. The fourth-order valence-electron chi connectivity index (χ4n) is 1.89. The smallest absolute Gasteiger partial charge is 0.319 e. The predicted octanol–water partition coefficient (Wildman–Crippen LogP) is 4.10. The van der Waals surface area contributed by atoms with E-state index in [9.17, 15) is 4.79 Å². The van der Waals surface area contributed by atoms with Crippen LogP contribution in [0.1, 0.15) is 12.5 Å². The Morgan fingerprint density at radius 2 is 1.86 bits per heavy atom. The summed E-state index contributed by atoms with van der Waals surface area (Å²) in [6, 6.07) is 14.7. The molecule has 0 saturated carbocycles. The van der Waals surface area contributed by atoms with Crippen LogP contribution in [0.25, 0.3) is 0 Å². The number of para-hydroxylation sites is 1. The summed E-state index contributed by atoms with van der Waals surface area (Å²) >= 11 is 5.97. The van der Waals surface area contributed by atoms with E-state index in [4.69, 9.17) is 16.3 Å². The Morgan fingerprint density at radius 1 is 1.14 bits per heavy atom. The number of carbonyl (C=O) groups excluding carboxylic acids is 1. The first kappa shape index (κ1) is 16.2. The molecule has 0 saturated heterocycles. The minimum Gasteiger partial charge on any atom is -0.490 e. The third-order valence-corrected chi connectivity index (χ3v) is 3.41. The van der Waals surface area contributed by atoms with Gasteiger partial charge in [-0.05, 0) is 36.2 Å². The molecule has 0 aromatic heterocycles. The number of hydrogen-bond donors (Lipinski definition) is 2. The Kier molecular flexibility index (Phi) is 6.10. The Morgan fingerprint density at radius 3 is 2.55 bits per heavy atom. The Hall–Kier alpha value is -2.20. The molecule has 2 amide bonds. The van der Waals surface area contributed by atoms with Crippen LogP contribution in [0.5, 0.6) is 5.75 Å². The van der Waals surface area contributed by atoms with Crippen LogP contribution in [0.4, 0.5) is 10.5 Å². The van der Waals surface area contributed by atoms with Crippen LogP contribution in [-0.4, -0.2) is 19.2 Å². The average molecular weight is 319 g/mol. The predicted molar refractivity (Wildman–Crippen MR) is 89.8 cm³/mol. The van der Waals surface area contributed by atoms with E-state index in [1.165, 1.54) is 5.56 Å². The van der Waals surface area contributed by atoms with Crippen molar-refractivity contribution in [1.29, 1.82) is 0 Å². The van der Waals surface area contributed by atoms with Gasteiger partial charge in [0.15, 0.2) is 0 Å². The summed E-state index contributed by atoms with van der Waals surface area (Å²) in [6.45, 7) is 2.84. The average Bonchev–Trinajstić information content (AvgIpc) is 2.54. The van der Waals surface area contributed by atoms with Gasteiger partial charge >= 0.3 is 6.03 Å². The van der Waals surface area contributed by atoms with Crippen molar-refractivity contribution in [3.05, 3.63) is 59.1 Å². The van der Waals surface area contributed by atoms with Crippen LogP contribution in [0, 0.1) is 0 Å². The standard InChI is InChI=1S/C17H19ClN2O2/c1-2-13-7-9-14(10-8-13)20-17(21)19-11-12-22-16-6-4-3-5-15(16)18/h3-10H,2,11-12H2,1H3,(H2,19,20,21). The van der Waals surface area contributed by atoms with Crippen LogP contribution in [0.2, 0.25) is 5.02 Å². The molecule has 0 atom stereocenters. The Bertz CT molecular complexity index is 614. The van der Waals surface area contributed by atoms with Crippen LogP contribution in [0.15, 0.2) is 48.5 Å². The number of benzene rings is 2. The lowest BCUT2D eigenvalue weighted by Crippen LogP contribution is -2.32. The normalized spacial score (nSPS) is 10.1. The summed E-state index contributed by atoms with van der Waals surface area (Å²) in [5, 5.41) is 6.06. The molecule has 2 rings (SSSR count). The quantitative estimate of drug-likeness (QED) is 0.788. The molecule has 22 heavy (non-hydrogen) atoms. The number of nitrogens with one attached hydrogen (secondary N) is 2. The second kappa shape index (κ2) is 8.29. The molecule has 0 aliphatic heterocycles. The van der Waals surface area contributed by atoms with E-state index in [1.54, 1.807) is 12.1 Å². The van der Waals surface area contributed by atoms with Crippen molar-refractivity contribution in [2.45, 2.75) is 13.3 Å². The number of hydrogen-bond acceptors (Lipinski definition) is 2. The van der Waals surface area contributed by atoms with Crippen molar-refractivity contribution in [3.8, 4) is 5.75 Å². The van der Waals surface area contributed by atoms with E-state index in [0.717, 1.165) is 12.1 Å². The summed E-state index contributed by atoms with van der Waals surface area (Å²) in [5.74, 6) is 0.613. The van der Waals surface area contributed by atoms with Crippen molar-refractivity contribution in [2.24, 2.45) is 0 Å². The molecule has 5 heteroatoms. The topological polar surface area (TPSA) is 50.4 Å². The molecule has 0 fully saturated rings. The molecular weight excluding hydrogens is 300 g/mol. The van der Waals surface area contributed by atoms with E-state index < -0.39 is 0 Å². The van der Waals surface area contributed by atoms with Crippen molar-refractivity contribution in [1.82, 2.24) is 5.32 Å². The molecule has 0 aliphatic rings. The fourth-order valence-corrected chi connectivity index (χ4v) is 2.08. The second-order valence-electron chi connectivity index (χ2n) is 4.71. The molecule has 0 radical (unpaired) electrons. The van der Waals surface area contributed by atoms with E-state index in [-0.39, 0.29) is 6.03 Å². The van der Waals surface area contributed by atoms with E-state index >= 15 is 0 Å². The van der Waals surface area contributed by atoms with Crippen LogP contribution in [-0.2, 0) is 6.42 Å². The van der Waals surface area contributed by atoms with Gasteiger partial charge in [-0.25, -0.2) is 4.79 Å². The lowest BCUT2D eigenvalue weighted by molar-refractivity contribution is 0.247. The maximum absolute atomic E-state index is 11.7. The molecule has 2 N–H and O–H groups in total. The van der Waals surface area contributed by atoms with Gasteiger partial charge in [-0.2, -0.15) is 0 Å². The number of rotatable bonds is 6. The van der Waals surface area contributed by atoms with Crippen LogP contribution < -0.4 is 15.4 Å². The van der Waals surface area contributed by atoms with Crippen molar-refractivity contribution >= 4 is 23.3 Å². The SMILES string of the molecule is CCc1ccc(NC(=O)NCCOc2ccccc2Cl)cc1. The minimum atomic E-state index is -0.257.